The number of carbonyl (C=O) groups is 1. The van der Waals surface area contributed by atoms with Gasteiger partial charge in [0.1, 0.15) is 10.7 Å². The lowest BCUT2D eigenvalue weighted by atomic mass is 9.89. The number of fused-ring (bicyclic) bond motifs is 5. The van der Waals surface area contributed by atoms with E-state index in [1.54, 1.807) is 0 Å². The third-order valence-electron chi connectivity index (χ3n) is 6.36. The molecule has 0 bridgehead atoms. The minimum absolute atomic E-state index is 0.0886. The summed E-state index contributed by atoms with van der Waals surface area (Å²) in [5.41, 5.74) is 2.33. The van der Waals surface area contributed by atoms with Crippen LogP contribution in [0.5, 0.6) is 0 Å². The van der Waals surface area contributed by atoms with Crippen LogP contribution in [-0.4, -0.2) is 37.3 Å². The average molecular weight is 444 g/mol. The van der Waals surface area contributed by atoms with Crippen molar-refractivity contribution in [2.75, 3.05) is 5.75 Å². The molecule has 1 atom stereocenters. The van der Waals surface area contributed by atoms with Crippen molar-refractivity contribution in [3.63, 3.8) is 0 Å². The van der Waals surface area contributed by atoms with Crippen LogP contribution in [0.4, 0.5) is 0 Å². The number of aromatic nitrogens is 4. The number of rotatable bonds is 5. The molecule has 0 aromatic carbocycles. The molecule has 1 unspecified atom stereocenters. The third kappa shape index (κ3) is 3.62. The summed E-state index contributed by atoms with van der Waals surface area (Å²) in [4.78, 5) is 20.1. The molecule has 6 nitrogen and oxygen atoms in total. The van der Waals surface area contributed by atoms with Crippen LogP contribution in [0.3, 0.4) is 0 Å². The Morgan fingerprint density at radius 2 is 2.07 bits per heavy atom. The predicted octanol–water partition coefficient (Wildman–Crippen LogP) is 4.74. The summed E-state index contributed by atoms with van der Waals surface area (Å²) in [6.45, 7) is 6.65. The second-order valence-electron chi connectivity index (χ2n) is 9.14. The fraction of sp³-hybridized carbons (Fsp3) is 0.636. The highest BCUT2D eigenvalue weighted by atomic mass is 32.2. The van der Waals surface area contributed by atoms with Crippen molar-refractivity contribution in [1.29, 1.82) is 0 Å². The fourth-order valence-electron chi connectivity index (χ4n) is 4.79. The van der Waals surface area contributed by atoms with Crippen LogP contribution in [0.15, 0.2) is 5.16 Å². The van der Waals surface area contributed by atoms with Gasteiger partial charge < -0.3 is 5.32 Å². The Morgan fingerprint density at radius 3 is 2.83 bits per heavy atom. The molecule has 3 aromatic heterocycles. The molecule has 0 spiro atoms. The zero-order valence-electron chi connectivity index (χ0n) is 17.9. The number of thioether (sulfide) groups is 1. The van der Waals surface area contributed by atoms with Gasteiger partial charge in [0.25, 0.3) is 0 Å². The van der Waals surface area contributed by atoms with E-state index in [0.717, 1.165) is 53.1 Å². The number of hydrogen-bond donors (Lipinski definition) is 1. The van der Waals surface area contributed by atoms with Gasteiger partial charge in [-0.25, -0.2) is 4.98 Å². The molecule has 2 aliphatic carbocycles. The standard InChI is InChI=1S/C22H29N5OS2/c1-12(2)19-24-21-18(15-9-8-13(3)10-16(15)30-21)20-25-26-22(27(19)20)29-11-17(28)23-14-6-4-5-7-14/h12-14H,4-11H2,1-3H3,(H,23,28). The number of nitrogens with one attached hydrogen (secondary N) is 1. The largest absolute Gasteiger partial charge is 0.353 e. The fourth-order valence-corrected chi connectivity index (χ4v) is 6.92. The average Bonchev–Trinajstić information content (AvgIpc) is 3.43. The third-order valence-corrected chi connectivity index (χ3v) is 8.44. The summed E-state index contributed by atoms with van der Waals surface area (Å²) in [5.74, 6) is 2.41. The highest BCUT2D eigenvalue weighted by molar-refractivity contribution is 7.99. The van der Waals surface area contributed by atoms with Crippen molar-refractivity contribution in [2.45, 2.75) is 82.8 Å². The molecule has 1 fully saturated rings. The van der Waals surface area contributed by atoms with Crippen molar-refractivity contribution in [3.05, 3.63) is 16.3 Å². The van der Waals surface area contributed by atoms with Crippen LogP contribution >= 0.6 is 23.1 Å². The Hall–Kier alpha value is -1.67. The smallest absolute Gasteiger partial charge is 0.230 e. The van der Waals surface area contributed by atoms with Crippen LogP contribution in [0, 0.1) is 5.92 Å². The van der Waals surface area contributed by atoms with Crippen molar-refractivity contribution in [2.24, 2.45) is 5.92 Å². The summed E-state index contributed by atoms with van der Waals surface area (Å²) < 4.78 is 2.10. The summed E-state index contributed by atoms with van der Waals surface area (Å²) in [7, 11) is 0. The van der Waals surface area contributed by atoms with Crippen LogP contribution in [0.1, 0.15) is 75.1 Å². The summed E-state index contributed by atoms with van der Waals surface area (Å²) >= 11 is 3.30. The molecule has 1 saturated carbocycles. The van der Waals surface area contributed by atoms with Crippen LogP contribution in [0.25, 0.3) is 15.9 Å². The molecule has 2 aliphatic rings. The van der Waals surface area contributed by atoms with E-state index < -0.39 is 0 Å². The highest BCUT2D eigenvalue weighted by Gasteiger charge is 2.26. The number of hydrogen-bond acceptors (Lipinski definition) is 6. The van der Waals surface area contributed by atoms with E-state index in [0.29, 0.717) is 11.8 Å². The minimum Gasteiger partial charge on any atom is -0.353 e. The number of aryl methyl sites for hydroxylation is 1. The van der Waals surface area contributed by atoms with E-state index in [1.807, 2.05) is 11.3 Å². The molecular weight excluding hydrogens is 414 g/mol. The molecule has 0 radical (unpaired) electrons. The topological polar surface area (TPSA) is 72.2 Å². The van der Waals surface area contributed by atoms with Gasteiger partial charge in [-0.2, -0.15) is 0 Å². The molecule has 1 amide bonds. The normalized spacial score (nSPS) is 19.8. The predicted molar refractivity (Wildman–Crippen MR) is 123 cm³/mol. The lowest BCUT2D eigenvalue weighted by Crippen LogP contribution is -2.33. The van der Waals surface area contributed by atoms with Crippen LogP contribution in [-0.2, 0) is 17.6 Å². The zero-order valence-corrected chi connectivity index (χ0v) is 19.5. The van der Waals surface area contributed by atoms with E-state index in [4.69, 9.17) is 4.98 Å². The molecule has 30 heavy (non-hydrogen) atoms. The second-order valence-corrected chi connectivity index (χ2v) is 11.2. The van der Waals surface area contributed by atoms with Gasteiger partial charge >= 0.3 is 0 Å². The molecular formula is C22H29N5OS2. The summed E-state index contributed by atoms with van der Waals surface area (Å²) in [6, 6.07) is 0.348. The number of nitrogens with zero attached hydrogens (tertiary/aromatic N) is 4. The molecule has 3 heterocycles. The molecule has 0 aliphatic heterocycles. The van der Waals surface area contributed by atoms with E-state index in [9.17, 15) is 4.79 Å². The highest BCUT2D eigenvalue weighted by Crippen LogP contribution is 2.40. The first-order chi connectivity index (χ1) is 14.5. The number of amides is 1. The molecule has 1 N–H and O–H groups in total. The van der Waals surface area contributed by atoms with Crippen molar-refractivity contribution in [3.8, 4) is 0 Å². The Labute approximate surface area is 185 Å². The Kier molecular flexibility index (Phi) is 5.47. The maximum absolute atomic E-state index is 12.4. The van der Waals surface area contributed by atoms with Gasteiger partial charge in [-0.05, 0) is 43.6 Å². The van der Waals surface area contributed by atoms with Crippen LogP contribution in [0.2, 0.25) is 0 Å². The number of carbonyl (C=O) groups excluding carboxylic acids is 1. The maximum Gasteiger partial charge on any atom is 0.230 e. The number of thiophene rings is 1. The Bertz CT molecular complexity index is 1100. The first kappa shape index (κ1) is 20.2. The lowest BCUT2D eigenvalue weighted by Gasteiger charge is -2.17. The lowest BCUT2D eigenvalue weighted by molar-refractivity contribution is -0.119. The molecule has 8 heteroatoms. The molecule has 5 rings (SSSR count). The summed E-state index contributed by atoms with van der Waals surface area (Å²) in [5, 5.41) is 14.2. The quantitative estimate of drug-likeness (QED) is 0.577. The summed E-state index contributed by atoms with van der Waals surface area (Å²) in [6.07, 6.45) is 8.09. The Balaban J connectivity index is 1.50. The van der Waals surface area contributed by atoms with Gasteiger partial charge in [-0.1, -0.05) is 45.4 Å². The van der Waals surface area contributed by atoms with E-state index >= 15 is 0 Å². The van der Waals surface area contributed by atoms with Gasteiger partial charge in [-0.3, -0.25) is 9.20 Å². The molecule has 160 valence electrons. The SMILES string of the molecule is CC1CCc2c(sc3nc(C(C)C)n4c(SCC(=O)NC5CCCC5)nnc4c23)C1. The zero-order chi connectivity index (χ0) is 20.8. The Morgan fingerprint density at radius 1 is 1.27 bits per heavy atom. The molecule has 0 saturated heterocycles. The van der Waals surface area contributed by atoms with E-state index in [1.165, 1.54) is 46.9 Å². The monoisotopic (exact) mass is 443 g/mol. The van der Waals surface area contributed by atoms with Crippen molar-refractivity contribution in [1.82, 2.24) is 24.9 Å². The van der Waals surface area contributed by atoms with Gasteiger partial charge in [0, 0.05) is 16.8 Å². The van der Waals surface area contributed by atoms with E-state index in [-0.39, 0.29) is 11.8 Å². The molecule has 3 aromatic rings. The van der Waals surface area contributed by atoms with Crippen LogP contribution < -0.4 is 5.32 Å². The first-order valence-electron chi connectivity index (χ1n) is 11.1. The van der Waals surface area contributed by atoms with Gasteiger partial charge in [0.2, 0.25) is 5.91 Å². The van der Waals surface area contributed by atoms with Gasteiger partial charge in [0.05, 0.1) is 11.1 Å². The minimum atomic E-state index is 0.0886. The second kappa shape index (κ2) is 8.11. The van der Waals surface area contributed by atoms with Crippen molar-refractivity contribution < 1.29 is 4.79 Å². The van der Waals surface area contributed by atoms with Gasteiger partial charge in [0.15, 0.2) is 10.8 Å². The van der Waals surface area contributed by atoms with E-state index in [2.05, 4.69) is 40.7 Å². The first-order valence-corrected chi connectivity index (χ1v) is 12.9. The maximum atomic E-state index is 12.4. The van der Waals surface area contributed by atoms with Gasteiger partial charge in [-0.15, -0.1) is 21.5 Å². The van der Waals surface area contributed by atoms with Crippen molar-refractivity contribution >= 4 is 44.9 Å².